The fourth-order valence-corrected chi connectivity index (χ4v) is 4.12. The van der Waals surface area contributed by atoms with Crippen LogP contribution < -0.4 is 9.64 Å². The van der Waals surface area contributed by atoms with Crippen molar-refractivity contribution in [3.63, 3.8) is 0 Å². The Morgan fingerprint density at radius 3 is 2.19 bits per heavy atom. The van der Waals surface area contributed by atoms with E-state index in [0.717, 1.165) is 30.0 Å². The number of hydrogen-bond donors (Lipinski definition) is 0. The summed E-state index contributed by atoms with van der Waals surface area (Å²) in [6.07, 6.45) is 0. The van der Waals surface area contributed by atoms with Crippen molar-refractivity contribution in [2.45, 2.75) is 20.8 Å². The molecule has 6 nitrogen and oxygen atoms in total. The van der Waals surface area contributed by atoms with Gasteiger partial charge in [-0.1, -0.05) is 44.2 Å². The summed E-state index contributed by atoms with van der Waals surface area (Å²) in [6, 6.07) is 15.0. The predicted octanol–water partition coefficient (Wildman–Crippen LogP) is 3.56. The molecule has 2 aliphatic heterocycles. The highest BCUT2D eigenvalue weighted by molar-refractivity contribution is 6.45. The number of anilines is 1. The molecule has 0 spiro atoms. The van der Waals surface area contributed by atoms with E-state index in [0.29, 0.717) is 42.6 Å². The number of rotatable bonds is 6. The maximum atomic E-state index is 13.7. The van der Waals surface area contributed by atoms with Gasteiger partial charge >= 0.3 is 0 Å². The number of amides is 2. The van der Waals surface area contributed by atoms with Crippen LogP contribution in [0.3, 0.4) is 0 Å². The third-order valence-electron chi connectivity index (χ3n) is 5.96. The summed E-state index contributed by atoms with van der Waals surface area (Å²) in [5.41, 5.74) is 3.25. The van der Waals surface area contributed by atoms with E-state index in [9.17, 15) is 9.59 Å². The van der Waals surface area contributed by atoms with Crippen LogP contribution in [-0.2, 0) is 9.59 Å². The van der Waals surface area contributed by atoms with Gasteiger partial charge in [0.25, 0.3) is 11.8 Å². The second-order valence-electron chi connectivity index (χ2n) is 8.98. The van der Waals surface area contributed by atoms with Crippen molar-refractivity contribution < 1.29 is 14.3 Å². The number of piperazine rings is 1. The van der Waals surface area contributed by atoms with Gasteiger partial charge in [-0.3, -0.25) is 9.59 Å². The predicted molar refractivity (Wildman–Crippen MR) is 126 cm³/mol. The lowest BCUT2D eigenvalue weighted by Crippen LogP contribution is -2.46. The molecule has 0 atom stereocenters. The fraction of sp³-hybridized carbons (Fsp3) is 0.385. The van der Waals surface area contributed by atoms with Crippen molar-refractivity contribution in [2.75, 3.05) is 44.7 Å². The normalized spacial score (nSPS) is 17.7. The number of carbonyl (C=O) groups excluding carboxylic acids is 2. The highest BCUT2D eigenvalue weighted by Gasteiger charge is 2.43. The number of benzene rings is 2. The molecule has 6 heteroatoms. The van der Waals surface area contributed by atoms with Crippen molar-refractivity contribution in [3.8, 4) is 5.75 Å². The molecule has 0 N–H and O–H groups in total. The third kappa shape index (κ3) is 4.28. The molecule has 2 aliphatic rings. The van der Waals surface area contributed by atoms with Gasteiger partial charge in [-0.05, 0) is 49.2 Å². The van der Waals surface area contributed by atoms with E-state index in [2.05, 4.69) is 30.7 Å². The van der Waals surface area contributed by atoms with Gasteiger partial charge in [0, 0.05) is 26.2 Å². The van der Waals surface area contributed by atoms with Crippen molar-refractivity contribution in [3.05, 3.63) is 65.4 Å². The summed E-state index contributed by atoms with van der Waals surface area (Å²) in [6.45, 7) is 9.89. The van der Waals surface area contributed by atoms with E-state index >= 15 is 0 Å². The Bertz CT molecular complexity index is 1030. The highest BCUT2D eigenvalue weighted by Crippen LogP contribution is 2.36. The van der Waals surface area contributed by atoms with Gasteiger partial charge in [-0.15, -0.1) is 0 Å². The number of aryl methyl sites for hydroxylation is 1. The van der Waals surface area contributed by atoms with E-state index < -0.39 is 0 Å². The van der Waals surface area contributed by atoms with Gasteiger partial charge in [0.05, 0.1) is 17.9 Å². The number of likely N-dealkylation sites (N-methyl/N-ethyl adjacent to an activating group) is 1. The molecule has 0 bridgehead atoms. The minimum absolute atomic E-state index is 0.246. The zero-order chi connectivity index (χ0) is 22.8. The molecular weight excluding hydrogens is 402 g/mol. The maximum absolute atomic E-state index is 13.7. The zero-order valence-corrected chi connectivity index (χ0v) is 19.3. The molecule has 0 aliphatic carbocycles. The lowest BCUT2D eigenvalue weighted by atomic mass is 10.0. The van der Waals surface area contributed by atoms with Crippen LogP contribution in [-0.4, -0.2) is 61.4 Å². The number of nitrogens with zero attached hydrogens (tertiary/aromatic N) is 3. The Balaban J connectivity index is 1.73. The minimum atomic E-state index is -0.269. The van der Waals surface area contributed by atoms with Crippen molar-refractivity contribution >= 4 is 23.1 Å². The second-order valence-corrected chi connectivity index (χ2v) is 8.98. The average Bonchev–Trinajstić information content (AvgIpc) is 3.04. The summed E-state index contributed by atoms with van der Waals surface area (Å²) in [4.78, 5) is 32.9. The molecule has 168 valence electrons. The molecule has 0 radical (unpaired) electrons. The average molecular weight is 434 g/mol. The molecule has 0 aromatic heterocycles. The molecule has 0 unspecified atom stereocenters. The number of imide groups is 1. The van der Waals surface area contributed by atoms with Crippen molar-refractivity contribution in [1.29, 1.82) is 0 Å². The van der Waals surface area contributed by atoms with E-state index in [-0.39, 0.29) is 11.8 Å². The monoisotopic (exact) mass is 433 g/mol. The second kappa shape index (κ2) is 9.17. The third-order valence-corrected chi connectivity index (χ3v) is 5.96. The summed E-state index contributed by atoms with van der Waals surface area (Å²) in [5, 5.41) is 0. The summed E-state index contributed by atoms with van der Waals surface area (Å²) in [7, 11) is 2.07. The molecule has 2 heterocycles. The largest absolute Gasteiger partial charge is 0.493 e. The lowest BCUT2D eigenvalue weighted by Gasteiger charge is -2.34. The van der Waals surface area contributed by atoms with Crippen LogP contribution in [0.4, 0.5) is 5.69 Å². The van der Waals surface area contributed by atoms with E-state index in [1.165, 1.54) is 4.90 Å². The van der Waals surface area contributed by atoms with Crippen LogP contribution in [0.15, 0.2) is 54.2 Å². The van der Waals surface area contributed by atoms with Gasteiger partial charge in [-0.2, -0.15) is 0 Å². The van der Waals surface area contributed by atoms with E-state index in [1.807, 2.05) is 55.5 Å². The van der Waals surface area contributed by atoms with Crippen molar-refractivity contribution in [2.24, 2.45) is 5.92 Å². The van der Waals surface area contributed by atoms with E-state index in [1.54, 1.807) is 0 Å². The highest BCUT2D eigenvalue weighted by atomic mass is 16.5. The van der Waals surface area contributed by atoms with Crippen LogP contribution in [0.25, 0.3) is 5.57 Å². The van der Waals surface area contributed by atoms with E-state index in [4.69, 9.17) is 4.74 Å². The Kier molecular flexibility index (Phi) is 6.33. The Morgan fingerprint density at radius 1 is 0.906 bits per heavy atom. The maximum Gasteiger partial charge on any atom is 0.282 e. The Hall–Kier alpha value is -3.12. The Morgan fingerprint density at radius 2 is 1.56 bits per heavy atom. The molecule has 1 saturated heterocycles. The number of hydrogen-bond acceptors (Lipinski definition) is 5. The zero-order valence-electron chi connectivity index (χ0n) is 19.3. The Labute approximate surface area is 190 Å². The molecule has 2 amide bonds. The molecular formula is C26H31N3O3. The van der Waals surface area contributed by atoms with Crippen LogP contribution in [0.1, 0.15) is 25.0 Å². The molecule has 1 fully saturated rings. The molecule has 32 heavy (non-hydrogen) atoms. The summed E-state index contributed by atoms with van der Waals surface area (Å²) in [5.74, 6) is 0.674. The van der Waals surface area contributed by atoms with Crippen LogP contribution in [0.2, 0.25) is 0 Å². The standard InChI is InChI=1S/C26H31N3O3/c1-18(2)17-32-21-11-9-20(10-12-21)23-24(28-15-13-27(4)14-16-28)26(31)29(25(23)30)22-8-6-5-7-19(22)3/h5-12,18H,13-17H2,1-4H3. The number of para-hydroxylation sites is 1. The van der Waals surface area contributed by atoms with Crippen LogP contribution in [0.5, 0.6) is 5.75 Å². The van der Waals surface area contributed by atoms with Gasteiger partial charge in [-0.25, -0.2) is 4.90 Å². The molecule has 0 saturated carbocycles. The fourth-order valence-electron chi connectivity index (χ4n) is 4.12. The first-order chi connectivity index (χ1) is 15.4. The van der Waals surface area contributed by atoms with Crippen molar-refractivity contribution in [1.82, 2.24) is 9.80 Å². The summed E-state index contributed by atoms with van der Waals surface area (Å²) < 4.78 is 5.80. The smallest absolute Gasteiger partial charge is 0.282 e. The topological polar surface area (TPSA) is 53.1 Å². The van der Waals surface area contributed by atoms with Crippen LogP contribution in [0, 0.1) is 12.8 Å². The lowest BCUT2D eigenvalue weighted by molar-refractivity contribution is -0.120. The minimum Gasteiger partial charge on any atom is -0.493 e. The molecule has 2 aromatic carbocycles. The van der Waals surface area contributed by atoms with Gasteiger partial charge < -0.3 is 14.5 Å². The first kappa shape index (κ1) is 22.1. The molecule has 4 rings (SSSR count). The van der Waals surface area contributed by atoms with Gasteiger partial charge in [0.2, 0.25) is 0 Å². The first-order valence-corrected chi connectivity index (χ1v) is 11.2. The summed E-state index contributed by atoms with van der Waals surface area (Å²) >= 11 is 0. The first-order valence-electron chi connectivity index (χ1n) is 11.2. The quantitative estimate of drug-likeness (QED) is 0.652. The van der Waals surface area contributed by atoms with Gasteiger partial charge in [0.1, 0.15) is 11.4 Å². The number of ether oxygens (including phenoxy) is 1. The van der Waals surface area contributed by atoms with Crippen LogP contribution >= 0.6 is 0 Å². The van der Waals surface area contributed by atoms with Gasteiger partial charge in [0.15, 0.2) is 0 Å². The molecule has 2 aromatic rings. The SMILES string of the molecule is Cc1ccccc1N1C(=O)C(c2ccc(OCC(C)C)cc2)=C(N2CCN(C)CC2)C1=O. The number of carbonyl (C=O) groups is 2.